The van der Waals surface area contributed by atoms with E-state index in [1.54, 1.807) is 30.5 Å². The van der Waals surface area contributed by atoms with Crippen LogP contribution in [0, 0.1) is 19.7 Å². The quantitative estimate of drug-likeness (QED) is 0.448. The number of hydrogen-bond donors (Lipinski definition) is 2. The molecule has 0 radical (unpaired) electrons. The molecule has 2 aromatic carbocycles. The minimum Gasteiger partial charge on any atom is -0.352 e. The first-order valence-electron chi connectivity index (χ1n) is 11.8. The van der Waals surface area contributed by atoms with E-state index >= 15 is 0 Å². The largest absolute Gasteiger partial charge is 0.352 e. The van der Waals surface area contributed by atoms with Gasteiger partial charge < -0.3 is 10.6 Å². The summed E-state index contributed by atoms with van der Waals surface area (Å²) in [6.45, 7) is 7.41. The van der Waals surface area contributed by atoms with Crippen molar-refractivity contribution in [3.8, 4) is 0 Å². The maximum atomic E-state index is 13.7. The average Bonchev–Trinajstić information content (AvgIpc) is 2.81. The summed E-state index contributed by atoms with van der Waals surface area (Å²) in [5.74, 6) is -1.23. The molecule has 7 nitrogen and oxygen atoms in total. The second kappa shape index (κ2) is 12.1. The number of carbonyl (C=O) groups is 3. The molecule has 0 fully saturated rings. The highest BCUT2D eigenvalue weighted by Gasteiger charge is 2.33. The smallest absolute Gasteiger partial charge is 0.248 e. The van der Waals surface area contributed by atoms with Gasteiger partial charge in [-0.2, -0.15) is 0 Å². The van der Waals surface area contributed by atoms with Gasteiger partial charge in [-0.15, -0.1) is 0 Å². The Hall–Kier alpha value is -4.07. The molecule has 0 bridgehead atoms. The third kappa shape index (κ3) is 7.21. The van der Waals surface area contributed by atoms with Crippen LogP contribution in [0.4, 0.5) is 15.9 Å². The fraction of sp³-hybridized carbons (Fsp3) is 0.286. The Balaban J connectivity index is 1.92. The number of nitrogens with zero attached hydrogens (tertiary/aromatic N) is 2. The standard InChI is InChI=1S/C28H31FN4O3/c1-18(2)31-28(36)27(21-8-10-22(29)11-9-21)33(23-7-5-6-19(3)16-23)26(35)13-12-25(34)32-24-17-20(4)14-15-30-24/h5-11,14-18,27H,12-13H2,1-4H3,(H,31,36)(H,30,32,34)/t27-/m1/s1. The van der Waals surface area contributed by atoms with Crippen LogP contribution in [0.1, 0.15) is 49.4 Å². The number of aryl methyl sites for hydroxylation is 2. The molecular formula is C28H31FN4O3. The van der Waals surface area contributed by atoms with Gasteiger partial charge in [-0.1, -0.05) is 24.3 Å². The van der Waals surface area contributed by atoms with Gasteiger partial charge in [0, 0.05) is 30.8 Å². The normalized spacial score (nSPS) is 11.6. The molecule has 1 heterocycles. The molecule has 0 saturated carbocycles. The van der Waals surface area contributed by atoms with Gasteiger partial charge >= 0.3 is 0 Å². The Morgan fingerprint density at radius 3 is 2.28 bits per heavy atom. The van der Waals surface area contributed by atoms with Crippen LogP contribution in [0.15, 0.2) is 66.9 Å². The van der Waals surface area contributed by atoms with Crippen LogP contribution < -0.4 is 15.5 Å². The number of halogens is 1. The predicted molar refractivity (Wildman–Crippen MR) is 138 cm³/mol. The Morgan fingerprint density at radius 1 is 0.944 bits per heavy atom. The molecule has 3 aromatic rings. The van der Waals surface area contributed by atoms with Gasteiger partial charge in [-0.05, 0) is 80.8 Å². The second-order valence-electron chi connectivity index (χ2n) is 8.99. The fourth-order valence-electron chi connectivity index (χ4n) is 3.79. The molecule has 0 aliphatic carbocycles. The molecule has 188 valence electrons. The lowest BCUT2D eigenvalue weighted by molar-refractivity contribution is -0.127. The van der Waals surface area contributed by atoms with E-state index < -0.39 is 23.7 Å². The number of rotatable bonds is 9. The van der Waals surface area contributed by atoms with Gasteiger partial charge in [-0.25, -0.2) is 9.37 Å². The molecule has 2 N–H and O–H groups in total. The highest BCUT2D eigenvalue weighted by atomic mass is 19.1. The van der Waals surface area contributed by atoms with Crippen molar-refractivity contribution in [1.29, 1.82) is 0 Å². The first-order valence-corrected chi connectivity index (χ1v) is 11.8. The summed E-state index contributed by atoms with van der Waals surface area (Å²) in [6.07, 6.45) is 1.35. The number of carbonyl (C=O) groups excluding carboxylic acids is 3. The summed E-state index contributed by atoms with van der Waals surface area (Å²) >= 11 is 0. The maximum Gasteiger partial charge on any atom is 0.248 e. The molecule has 0 saturated heterocycles. The average molecular weight is 491 g/mol. The molecule has 8 heteroatoms. The molecule has 1 atom stereocenters. The van der Waals surface area contributed by atoms with Crippen LogP contribution in [-0.2, 0) is 14.4 Å². The predicted octanol–water partition coefficient (Wildman–Crippen LogP) is 4.86. The number of benzene rings is 2. The first-order chi connectivity index (χ1) is 17.1. The van der Waals surface area contributed by atoms with Crippen LogP contribution in [0.25, 0.3) is 0 Å². The van der Waals surface area contributed by atoms with Gasteiger partial charge in [-0.3, -0.25) is 19.3 Å². The van der Waals surface area contributed by atoms with Gasteiger partial charge in [0.2, 0.25) is 17.7 Å². The Morgan fingerprint density at radius 2 is 1.64 bits per heavy atom. The zero-order valence-corrected chi connectivity index (χ0v) is 20.9. The van der Waals surface area contributed by atoms with E-state index in [-0.39, 0.29) is 24.8 Å². The number of pyridine rings is 1. The van der Waals surface area contributed by atoms with Crippen LogP contribution in [0.2, 0.25) is 0 Å². The van der Waals surface area contributed by atoms with E-state index in [1.165, 1.54) is 29.2 Å². The first kappa shape index (κ1) is 26.5. The Bertz CT molecular complexity index is 1230. The van der Waals surface area contributed by atoms with Crippen molar-refractivity contribution in [2.24, 2.45) is 0 Å². The number of nitrogens with one attached hydrogen (secondary N) is 2. The monoisotopic (exact) mass is 490 g/mol. The van der Waals surface area contributed by atoms with Crippen molar-refractivity contribution in [2.75, 3.05) is 10.2 Å². The Kier molecular flexibility index (Phi) is 8.89. The second-order valence-corrected chi connectivity index (χ2v) is 8.99. The third-order valence-electron chi connectivity index (χ3n) is 5.42. The van der Waals surface area contributed by atoms with E-state index in [2.05, 4.69) is 15.6 Å². The van der Waals surface area contributed by atoms with Crippen molar-refractivity contribution >= 4 is 29.2 Å². The fourth-order valence-corrected chi connectivity index (χ4v) is 3.79. The molecule has 36 heavy (non-hydrogen) atoms. The van der Waals surface area contributed by atoms with E-state index in [0.29, 0.717) is 17.1 Å². The summed E-state index contributed by atoms with van der Waals surface area (Å²) in [7, 11) is 0. The summed E-state index contributed by atoms with van der Waals surface area (Å²) in [6, 6.07) is 15.0. The van der Waals surface area contributed by atoms with Crippen molar-refractivity contribution in [3.05, 3.63) is 89.4 Å². The van der Waals surface area contributed by atoms with Crippen LogP contribution in [0.5, 0.6) is 0 Å². The van der Waals surface area contributed by atoms with Crippen LogP contribution >= 0.6 is 0 Å². The van der Waals surface area contributed by atoms with Gasteiger partial charge in [0.1, 0.15) is 17.7 Å². The summed E-state index contributed by atoms with van der Waals surface area (Å²) in [4.78, 5) is 45.0. The SMILES string of the molecule is Cc1cccc(N(C(=O)CCC(=O)Nc2cc(C)ccn2)[C@@H](C(=O)NC(C)C)c2ccc(F)cc2)c1. The summed E-state index contributed by atoms with van der Waals surface area (Å²) < 4.78 is 13.7. The van der Waals surface area contributed by atoms with Gasteiger partial charge in [0.05, 0.1) is 0 Å². The van der Waals surface area contributed by atoms with E-state index in [9.17, 15) is 18.8 Å². The minimum absolute atomic E-state index is 0.0985. The highest BCUT2D eigenvalue weighted by molar-refractivity contribution is 6.03. The topological polar surface area (TPSA) is 91.4 Å². The molecule has 0 unspecified atom stereocenters. The summed E-state index contributed by atoms with van der Waals surface area (Å²) in [5.41, 5.74) is 2.81. The lowest BCUT2D eigenvalue weighted by Gasteiger charge is -2.32. The molecule has 3 rings (SSSR count). The van der Waals surface area contributed by atoms with E-state index in [1.807, 2.05) is 39.8 Å². The lowest BCUT2D eigenvalue weighted by atomic mass is 10.0. The number of aromatic nitrogens is 1. The van der Waals surface area contributed by atoms with Gasteiger partial charge in [0.15, 0.2) is 0 Å². The molecule has 0 spiro atoms. The van der Waals surface area contributed by atoms with Gasteiger partial charge in [0.25, 0.3) is 0 Å². The van der Waals surface area contributed by atoms with E-state index in [4.69, 9.17) is 0 Å². The third-order valence-corrected chi connectivity index (χ3v) is 5.42. The van der Waals surface area contributed by atoms with Crippen molar-refractivity contribution in [3.63, 3.8) is 0 Å². The molecular weight excluding hydrogens is 459 g/mol. The maximum absolute atomic E-state index is 13.7. The highest BCUT2D eigenvalue weighted by Crippen LogP contribution is 2.30. The zero-order valence-electron chi connectivity index (χ0n) is 20.9. The van der Waals surface area contributed by atoms with Crippen LogP contribution in [0.3, 0.4) is 0 Å². The summed E-state index contributed by atoms with van der Waals surface area (Å²) in [5, 5.41) is 5.56. The van der Waals surface area contributed by atoms with E-state index in [0.717, 1.165) is 11.1 Å². The molecule has 0 aliphatic rings. The van der Waals surface area contributed by atoms with Crippen molar-refractivity contribution in [2.45, 2.75) is 52.6 Å². The Labute approximate surface area is 210 Å². The van der Waals surface area contributed by atoms with Crippen molar-refractivity contribution in [1.82, 2.24) is 10.3 Å². The zero-order chi connectivity index (χ0) is 26.2. The molecule has 1 aromatic heterocycles. The minimum atomic E-state index is -1.05. The number of amides is 3. The number of anilines is 2. The van der Waals surface area contributed by atoms with Crippen LogP contribution in [-0.4, -0.2) is 28.7 Å². The van der Waals surface area contributed by atoms with Crippen molar-refractivity contribution < 1.29 is 18.8 Å². The molecule has 3 amide bonds. The molecule has 0 aliphatic heterocycles. The lowest BCUT2D eigenvalue weighted by Crippen LogP contribution is -2.46. The number of hydrogen-bond acceptors (Lipinski definition) is 4.